The van der Waals surface area contributed by atoms with Crippen LogP contribution in [-0.4, -0.2) is 23.1 Å². The van der Waals surface area contributed by atoms with Gasteiger partial charge in [-0.3, -0.25) is 20.3 Å². The summed E-state index contributed by atoms with van der Waals surface area (Å²) in [4.78, 5) is 24.3. The Hall–Kier alpha value is -3.11. The third kappa shape index (κ3) is 4.81. The molecule has 0 spiro atoms. The van der Waals surface area contributed by atoms with E-state index in [-0.39, 0.29) is 0 Å². The minimum absolute atomic E-state index is 0.368. The molecule has 1 rings (SSSR count). The Morgan fingerprint density at radius 3 is 2.76 bits per heavy atom. The second-order valence-electron chi connectivity index (χ2n) is 3.52. The van der Waals surface area contributed by atoms with Crippen LogP contribution in [0.5, 0.6) is 0 Å². The molecule has 0 unspecified atom stereocenters. The summed E-state index contributed by atoms with van der Waals surface area (Å²) in [6.45, 7) is 1.09. The van der Waals surface area contributed by atoms with Crippen molar-refractivity contribution >= 4 is 23.8 Å². The van der Waals surface area contributed by atoms with E-state index in [9.17, 15) is 23.7 Å². The van der Waals surface area contributed by atoms with Crippen molar-refractivity contribution in [2.75, 3.05) is 0 Å². The molecule has 9 nitrogen and oxygen atoms in total. The molecule has 0 heterocycles. The Labute approximate surface area is 116 Å². The van der Waals surface area contributed by atoms with Crippen LogP contribution in [0.25, 0.3) is 0 Å². The fourth-order valence-electron chi connectivity index (χ4n) is 1.19. The van der Waals surface area contributed by atoms with E-state index in [2.05, 4.69) is 9.94 Å². The van der Waals surface area contributed by atoms with Gasteiger partial charge in [0.15, 0.2) is 0 Å². The predicted molar refractivity (Wildman–Crippen MR) is 66.4 cm³/mol. The normalized spacial score (nSPS) is 10.2. The quantitative estimate of drug-likeness (QED) is 0.327. The summed E-state index contributed by atoms with van der Waals surface area (Å²) in [7, 11) is 0. The molecule has 0 radical (unpaired) electrons. The van der Waals surface area contributed by atoms with Gasteiger partial charge in [-0.1, -0.05) is 0 Å². The fraction of sp³-hybridized carbons (Fsp3) is 0.100. The van der Waals surface area contributed by atoms with Gasteiger partial charge < -0.3 is 4.84 Å². The van der Waals surface area contributed by atoms with Crippen molar-refractivity contribution in [3.05, 3.63) is 39.4 Å². The number of hydrogen-bond donors (Lipinski definition) is 3. The summed E-state index contributed by atoms with van der Waals surface area (Å²) in [6.07, 6.45) is 0.744. The number of rotatable bonds is 3. The molecule has 1 aromatic rings. The maximum Gasteiger partial charge on any atom is 0.329 e. The van der Waals surface area contributed by atoms with Gasteiger partial charge in [0, 0.05) is 13.0 Å². The zero-order valence-electron chi connectivity index (χ0n) is 10.5. The summed E-state index contributed by atoms with van der Waals surface area (Å²) >= 11 is 0. The molecule has 1 aromatic carbocycles. The van der Waals surface area contributed by atoms with Crippen molar-refractivity contribution < 1.29 is 23.3 Å². The molecule has 0 atom stereocenters. The zero-order valence-corrected chi connectivity index (χ0v) is 10.5. The van der Waals surface area contributed by atoms with Crippen molar-refractivity contribution in [2.24, 2.45) is 5.10 Å². The van der Waals surface area contributed by atoms with E-state index in [1.165, 1.54) is 0 Å². The first-order valence-corrected chi connectivity index (χ1v) is 5.25. The maximum absolute atomic E-state index is 13.3. The van der Waals surface area contributed by atoms with Crippen LogP contribution in [0.2, 0.25) is 0 Å². The Morgan fingerprint density at radius 1 is 1.52 bits per heavy atom. The number of nitro benzene ring substituents is 1. The van der Waals surface area contributed by atoms with Crippen LogP contribution in [0.1, 0.15) is 12.5 Å². The van der Waals surface area contributed by atoms with Gasteiger partial charge in [-0.2, -0.15) is 15.0 Å². The van der Waals surface area contributed by atoms with E-state index in [0.29, 0.717) is 12.1 Å². The lowest BCUT2D eigenvalue weighted by Gasteiger charge is -2.04. The lowest BCUT2D eigenvalue weighted by atomic mass is 10.2. The lowest BCUT2D eigenvalue weighted by Crippen LogP contribution is -2.34. The standard InChI is InChI=1S/C10H9F2N5O4/c1-5(18)21-16-10(13)15-14-4-6-2-7(11)3-8(12)9(6)17(19)20/h2-4H,1H3,(H3,13,15,16). The molecule has 0 saturated carbocycles. The first-order chi connectivity index (χ1) is 9.81. The van der Waals surface area contributed by atoms with Crippen molar-refractivity contribution in [3.8, 4) is 0 Å². The average Bonchev–Trinajstić information content (AvgIpc) is 2.34. The molecule has 112 valence electrons. The topological polar surface area (TPSA) is 130 Å². The summed E-state index contributed by atoms with van der Waals surface area (Å²) in [6, 6.07) is 1.07. The van der Waals surface area contributed by atoms with E-state index >= 15 is 0 Å². The number of nitro groups is 1. The highest BCUT2D eigenvalue weighted by Crippen LogP contribution is 2.22. The van der Waals surface area contributed by atoms with Crippen molar-refractivity contribution in [1.82, 2.24) is 10.9 Å². The van der Waals surface area contributed by atoms with Crippen LogP contribution in [0.15, 0.2) is 17.2 Å². The molecule has 0 aliphatic carbocycles. The average molecular weight is 301 g/mol. The third-order valence-electron chi connectivity index (χ3n) is 1.92. The SMILES string of the molecule is CC(=O)ONC(=N)NN=Cc1cc(F)cc(F)c1[N+](=O)[O-]. The molecular weight excluding hydrogens is 292 g/mol. The Morgan fingerprint density at radius 2 is 2.19 bits per heavy atom. The number of hydroxylamine groups is 1. The smallest absolute Gasteiger partial charge is 0.329 e. The summed E-state index contributed by atoms with van der Waals surface area (Å²) in [5.41, 5.74) is 2.45. The number of carbonyl (C=O) groups excluding carboxylic acids is 1. The lowest BCUT2D eigenvalue weighted by molar-refractivity contribution is -0.387. The number of carbonyl (C=O) groups is 1. The summed E-state index contributed by atoms with van der Waals surface area (Å²) in [5, 5.41) is 21.2. The molecule has 0 saturated heterocycles. The van der Waals surface area contributed by atoms with Crippen molar-refractivity contribution in [3.63, 3.8) is 0 Å². The van der Waals surface area contributed by atoms with Gasteiger partial charge in [-0.15, -0.1) is 0 Å². The molecular formula is C10H9F2N5O4. The number of hydrazone groups is 1. The summed E-state index contributed by atoms with van der Waals surface area (Å²) < 4.78 is 26.3. The number of nitrogens with one attached hydrogen (secondary N) is 3. The predicted octanol–water partition coefficient (Wildman–Crippen LogP) is 0.799. The van der Waals surface area contributed by atoms with E-state index in [1.807, 2.05) is 10.9 Å². The van der Waals surface area contributed by atoms with Crippen LogP contribution in [-0.2, 0) is 9.63 Å². The zero-order chi connectivity index (χ0) is 16.0. The van der Waals surface area contributed by atoms with Gasteiger partial charge in [-0.25, -0.2) is 9.82 Å². The number of nitrogens with zero attached hydrogens (tertiary/aromatic N) is 2. The molecule has 21 heavy (non-hydrogen) atoms. The molecule has 3 N–H and O–H groups in total. The van der Waals surface area contributed by atoms with Crippen molar-refractivity contribution in [2.45, 2.75) is 6.92 Å². The summed E-state index contributed by atoms with van der Waals surface area (Å²) in [5.74, 6) is -3.66. The Bertz CT molecular complexity index is 620. The minimum Gasteiger partial charge on any atom is -0.341 e. The van der Waals surface area contributed by atoms with Gasteiger partial charge in [0.2, 0.25) is 11.8 Å². The van der Waals surface area contributed by atoms with Crippen LogP contribution in [0, 0.1) is 27.2 Å². The highest BCUT2D eigenvalue weighted by atomic mass is 19.1. The number of hydrogen-bond acceptors (Lipinski definition) is 6. The fourth-order valence-corrected chi connectivity index (χ4v) is 1.19. The monoisotopic (exact) mass is 301 g/mol. The number of halogens is 2. The van der Waals surface area contributed by atoms with Crippen LogP contribution >= 0.6 is 0 Å². The molecule has 11 heteroatoms. The van der Waals surface area contributed by atoms with Gasteiger partial charge >= 0.3 is 11.7 Å². The second-order valence-corrected chi connectivity index (χ2v) is 3.52. The molecule has 0 bridgehead atoms. The Kier molecular flexibility index (Phi) is 5.23. The van der Waals surface area contributed by atoms with Crippen LogP contribution < -0.4 is 10.9 Å². The van der Waals surface area contributed by atoms with Gasteiger partial charge in [0.05, 0.1) is 16.7 Å². The van der Waals surface area contributed by atoms with E-state index in [4.69, 9.17) is 5.41 Å². The van der Waals surface area contributed by atoms with Crippen molar-refractivity contribution in [1.29, 1.82) is 5.41 Å². The van der Waals surface area contributed by atoms with Gasteiger partial charge in [-0.05, 0) is 6.07 Å². The van der Waals surface area contributed by atoms with Gasteiger partial charge in [0.1, 0.15) is 5.82 Å². The van der Waals surface area contributed by atoms with E-state index in [1.54, 1.807) is 0 Å². The minimum atomic E-state index is -1.35. The maximum atomic E-state index is 13.3. The van der Waals surface area contributed by atoms with E-state index < -0.39 is 39.7 Å². The highest BCUT2D eigenvalue weighted by Gasteiger charge is 2.20. The van der Waals surface area contributed by atoms with Gasteiger partial charge in [0.25, 0.3) is 0 Å². The Balaban J connectivity index is 2.83. The van der Waals surface area contributed by atoms with Crippen LogP contribution in [0.3, 0.4) is 0 Å². The van der Waals surface area contributed by atoms with Crippen LogP contribution in [0.4, 0.5) is 14.5 Å². The number of guanidine groups is 1. The first-order valence-electron chi connectivity index (χ1n) is 5.25. The number of benzene rings is 1. The molecule has 0 aromatic heterocycles. The third-order valence-corrected chi connectivity index (χ3v) is 1.92. The second kappa shape index (κ2) is 6.88. The highest BCUT2D eigenvalue weighted by molar-refractivity contribution is 5.86. The first kappa shape index (κ1) is 15.9. The molecule has 0 aliphatic rings. The molecule has 0 fully saturated rings. The largest absolute Gasteiger partial charge is 0.341 e. The molecule has 0 amide bonds. The van der Waals surface area contributed by atoms with E-state index in [0.717, 1.165) is 13.1 Å². The molecule has 0 aliphatic heterocycles.